The highest BCUT2D eigenvalue weighted by Crippen LogP contribution is 2.39. The van der Waals surface area contributed by atoms with E-state index in [-0.39, 0.29) is 16.2 Å². The quantitative estimate of drug-likeness (QED) is 0.148. The van der Waals surface area contributed by atoms with Gasteiger partial charge in [0.15, 0.2) is 23.3 Å². The van der Waals surface area contributed by atoms with Crippen molar-refractivity contribution in [1.82, 2.24) is 39.9 Å². The van der Waals surface area contributed by atoms with Gasteiger partial charge in [0.2, 0.25) is 0 Å². The van der Waals surface area contributed by atoms with Gasteiger partial charge in [-0.3, -0.25) is 0 Å². The fourth-order valence-corrected chi connectivity index (χ4v) is 11.1. The van der Waals surface area contributed by atoms with Gasteiger partial charge in [-0.15, -0.1) is 0 Å². The molecular weight excluding hydrogens is 1010 g/mol. The van der Waals surface area contributed by atoms with Crippen LogP contribution in [0.2, 0.25) is 0 Å². The van der Waals surface area contributed by atoms with Crippen LogP contribution in [-0.4, -0.2) is 39.9 Å². The summed E-state index contributed by atoms with van der Waals surface area (Å²) < 4.78 is 0. The fraction of sp³-hybridized carbons (Fsp3) is 0.173. The Labute approximate surface area is 486 Å². The molecule has 13 rings (SSSR count). The highest BCUT2D eigenvalue weighted by Gasteiger charge is 2.26. The Morgan fingerprint density at radius 3 is 0.880 bits per heavy atom. The largest absolute Gasteiger partial charge is 0.232 e. The molecule has 4 heterocycles. The molecule has 0 bridgehead atoms. The van der Waals surface area contributed by atoms with E-state index in [1.165, 1.54) is 11.1 Å². The molecule has 0 radical (unpaired) electrons. The Balaban J connectivity index is 0.000000164. The van der Waals surface area contributed by atoms with E-state index in [4.69, 9.17) is 39.9 Å². The molecule has 0 aliphatic heterocycles. The number of para-hydroxylation sites is 4. The first-order chi connectivity index (χ1) is 40.0. The molecule has 4 aromatic heterocycles. The summed E-state index contributed by atoms with van der Waals surface area (Å²) in [6.07, 6.45) is 0. The molecule has 0 fully saturated rings. The third-order valence-corrected chi connectivity index (χ3v) is 15.7. The minimum absolute atomic E-state index is 0.0857. The van der Waals surface area contributed by atoms with Gasteiger partial charge in [0.1, 0.15) is 0 Å². The lowest BCUT2D eigenvalue weighted by atomic mass is 9.77. The summed E-state index contributed by atoms with van der Waals surface area (Å²) in [7, 11) is 0. The van der Waals surface area contributed by atoms with Gasteiger partial charge in [-0.05, 0) is 72.5 Å². The van der Waals surface area contributed by atoms with Gasteiger partial charge in [-0.2, -0.15) is 0 Å². The molecule has 0 unspecified atom stereocenters. The minimum Gasteiger partial charge on any atom is -0.232 e. The molecule has 8 heteroatoms. The van der Waals surface area contributed by atoms with E-state index in [0.29, 0.717) is 0 Å². The number of aromatic nitrogens is 8. The van der Waals surface area contributed by atoms with Crippen LogP contribution < -0.4 is 0 Å². The first-order valence-corrected chi connectivity index (χ1v) is 28.5. The summed E-state index contributed by atoms with van der Waals surface area (Å²) in [5, 5.41) is 4.31. The number of hydrogen-bond donors (Lipinski definition) is 0. The molecule has 0 saturated carbocycles. The number of nitrogens with zero attached hydrogens (tertiary/aromatic N) is 8. The third-order valence-electron chi connectivity index (χ3n) is 15.7. The Morgan fingerprint density at radius 2 is 0.542 bits per heavy atom. The van der Waals surface area contributed by atoms with Crippen LogP contribution in [0.5, 0.6) is 0 Å². The monoisotopic (exact) mass is 1080 g/mol. The second-order valence-electron chi connectivity index (χ2n) is 24.1. The molecule has 0 spiro atoms. The van der Waals surface area contributed by atoms with Crippen molar-refractivity contribution in [1.29, 1.82) is 0 Å². The third kappa shape index (κ3) is 10.8. The molecule has 83 heavy (non-hydrogen) atoms. The maximum Gasteiger partial charge on any atom is 0.160 e. The highest BCUT2D eigenvalue weighted by molar-refractivity contribution is 5.98. The van der Waals surface area contributed by atoms with Crippen LogP contribution in [0.4, 0.5) is 0 Å². The van der Waals surface area contributed by atoms with E-state index in [0.717, 1.165) is 134 Å². The normalized spacial score (nSPS) is 12.0. The lowest BCUT2D eigenvalue weighted by molar-refractivity contribution is 0.574. The molecule has 406 valence electrons. The number of aryl methyl sites for hydroxylation is 2. The molecule has 0 aliphatic rings. The molecule has 8 nitrogen and oxygen atoms in total. The van der Waals surface area contributed by atoms with Crippen LogP contribution in [0.1, 0.15) is 89.0 Å². The Bertz CT molecular complexity index is 4250. The highest BCUT2D eigenvalue weighted by atomic mass is 14.9. The van der Waals surface area contributed by atoms with Crippen LogP contribution in [-0.2, 0) is 16.2 Å². The Hall–Kier alpha value is -9.66. The van der Waals surface area contributed by atoms with E-state index in [1.54, 1.807) is 0 Å². The molecule has 0 amide bonds. The second kappa shape index (κ2) is 21.7. The number of benzene rings is 9. The topological polar surface area (TPSA) is 103 Å². The van der Waals surface area contributed by atoms with Gasteiger partial charge in [0, 0.05) is 71.2 Å². The van der Waals surface area contributed by atoms with Gasteiger partial charge in [0.05, 0.1) is 44.8 Å². The number of rotatable bonds is 8. The van der Waals surface area contributed by atoms with Crippen molar-refractivity contribution >= 4 is 43.6 Å². The zero-order valence-corrected chi connectivity index (χ0v) is 48.9. The first kappa shape index (κ1) is 54.0. The molecular formula is C75H66N8. The van der Waals surface area contributed by atoms with Gasteiger partial charge < -0.3 is 0 Å². The summed E-state index contributed by atoms with van der Waals surface area (Å²) in [4.78, 5) is 40.0. The standard InChI is InChI=1S/C39H40N4.C36H26N4/c1-37(2,3)33-29-13-9-11-15-31(29)40-35(42-33)25-17-21-27(22-18-25)39(7,8)28-23-19-26(20-24-28)36-41-32-16-12-10-14-30(32)34(43-36)38(4,5)6;1-23-21-30(34-28-18-10-12-20-32(28)38-36(40-34)26-15-7-4-8-16-26)24(2)22-29(23)33-27-17-9-11-19-31(27)37-35(39-33)25-13-5-3-6-14-25/h9-24H,1-8H3;3-22H,1-2H3. The number of hydrogen-bond acceptors (Lipinski definition) is 8. The van der Waals surface area contributed by atoms with Gasteiger partial charge in [0.25, 0.3) is 0 Å². The van der Waals surface area contributed by atoms with Crippen molar-refractivity contribution in [2.75, 3.05) is 0 Å². The molecule has 0 saturated heterocycles. The van der Waals surface area contributed by atoms with Crippen molar-refractivity contribution in [3.63, 3.8) is 0 Å². The summed E-state index contributed by atoms with van der Waals surface area (Å²) in [5.74, 6) is 2.99. The maximum absolute atomic E-state index is 5.11. The van der Waals surface area contributed by atoms with Gasteiger partial charge >= 0.3 is 0 Å². The van der Waals surface area contributed by atoms with Crippen molar-refractivity contribution in [3.8, 4) is 68.1 Å². The lowest BCUT2D eigenvalue weighted by Gasteiger charge is -2.27. The summed E-state index contributed by atoms with van der Waals surface area (Å²) in [6, 6.07) is 75.3. The molecule has 0 N–H and O–H groups in total. The Kier molecular flexibility index (Phi) is 14.1. The first-order valence-electron chi connectivity index (χ1n) is 28.5. The van der Waals surface area contributed by atoms with Gasteiger partial charge in [-0.1, -0.05) is 237 Å². The molecule has 0 atom stereocenters. The van der Waals surface area contributed by atoms with E-state index < -0.39 is 0 Å². The average Bonchev–Trinajstić information content (AvgIpc) is 3.57. The number of fused-ring (bicyclic) bond motifs is 4. The summed E-state index contributed by atoms with van der Waals surface area (Å²) >= 11 is 0. The SMILES string of the molecule is CC(C)(C)c1nc(-c2ccc(C(C)(C)c3ccc(-c4nc(C(C)(C)C)c5ccccc5n4)cc3)cc2)nc2ccccc12.Cc1cc(-c2nc(-c3ccccc3)nc3ccccc23)c(C)cc1-c1nc(-c2ccccc2)nc2ccccc12. The molecule has 13 aromatic rings. The zero-order chi connectivity index (χ0) is 57.6. The van der Waals surface area contributed by atoms with E-state index in [1.807, 2.05) is 72.8 Å². The van der Waals surface area contributed by atoms with Crippen LogP contribution >= 0.6 is 0 Å². The van der Waals surface area contributed by atoms with Crippen LogP contribution in [0, 0.1) is 13.8 Å². The van der Waals surface area contributed by atoms with E-state index in [2.05, 4.69) is 215 Å². The molecule has 9 aromatic carbocycles. The minimum atomic E-state index is -0.196. The van der Waals surface area contributed by atoms with Crippen LogP contribution in [0.15, 0.2) is 218 Å². The van der Waals surface area contributed by atoms with Crippen molar-refractivity contribution in [2.24, 2.45) is 0 Å². The average molecular weight is 1080 g/mol. The summed E-state index contributed by atoms with van der Waals surface area (Å²) in [5.41, 5.74) is 18.4. The molecule has 0 aliphatic carbocycles. The van der Waals surface area contributed by atoms with Crippen LogP contribution in [0.25, 0.3) is 112 Å². The Morgan fingerprint density at radius 1 is 0.265 bits per heavy atom. The second-order valence-corrected chi connectivity index (χ2v) is 24.1. The smallest absolute Gasteiger partial charge is 0.160 e. The zero-order valence-electron chi connectivity index (χ0n) is 48.9. The van der Waals surface area contributed by atoms with Gasteiger partial charge in [-0.25, -0.2) is 39.9 Å². The summed E-state index contributed by atoms with van der Waals surface area (Å²) in [6.45, 7) is 22.1. The fourth-order valence-electron chi connectivity index (χ4n) is 11.1. The maximum atomic E-state index is 5.11. The van der Waals surface area contributed by atoms with Crippen LogP contribution in [0.3, 0.4) is 0 Å². The van der Waals surface area contributed by atoms with E-state index in [9.17, 15) is 0 Å². The van der Waals surface area contributed by atoms with E-state index >= 15 is 0 Å². The van der Waals surface area contributed by atoms with Crippen molar-refractivity contribution in [2.45, 2.75) is 85.5 Å². The predicted octanol–water partition coefficient (Wildman–Crippen LogP) is 18.7. The lowest BCUT2D eigenvalue weighted by Crippen LogP contribution is -2.19. The van der Waals surface area contributed by atoms with Crippen molar-refractivity contribution in [3.05, 3.63) is 252 Å². The van der Waals surface area contributed by atoms with Crippen molar-refractivity contribution < 1.29 is 0 Å². The predicted molar refractivity (Wildman–Crippen MR) is 343 cm³/mol.